The van der Waals surface area contributed by atoms with E-state index in [0.29, 0.717) is 22.9 Å². The molecular weight excluding hydrogens is 276 g/mol. The Morgan fingerprint density at radius 3 is 2.35 bits per heavy atom. The van der Waals surface area contributed by atoms with Crippen LogP contribution in [0.1, 0.15) is 18.6 Å². The molecule has 0 fully saturated rings. The summed E-state index contributed by atoms with van der Waals surface area (Å²) < 4.78 is 10.8. The molecule has 0 amide bonds. The van der Waals surface area contributed by atoms with Crippen molar-refractivity contribution < 1.29 is 14.3 Å². The third-order valence-electron chi connectivity index (χ3n) is 2.67. The van der Waals surface area contributed by atoms with E-state index in [9.17, 15) is 4.79 Å². The van der Waals surface area contributed by atoms with Gasteiger partial charge in [0.1, 0.15) is 5.75 Å². The number of esters is 1. The molecule has 0 aliphatic heterocycles. The molecule has 2 aromatic carbocycles. The van der Waals surface area contributed by atoms with Crippen LogP contribution in [0.4, 0.5) is 0 Å². The van der Waals surface area contributed by atoms with Crippen molar-refractivity contribution in [3.05, 3.63) is 65.2 Å². The number of halogens is 1. The van der Waals surface area contributed by atoms with Gasteiger partial charge in [-0.25, -0.2) is 4.79 Å². The summed E-state index contributed by atoms with van der Waals surface area (Å²) in [5, 5.41) is 0.607. The lowest BCUT2D eigenvalue weighted by Gasteiger charge is -2.18. The Kier molecular flexibility index (Phi) is 5.02. The number of hydrogen-bond acceptors (Lipinski definition) is 3. The van der Waals surface area contributed by atoms with Gasteiger partial charge in [0, 0.05) is 10.6 Å². The van der Waals surface area contributed by atoms with Gasteiger partial charge in [0.2, 0.25) is 6.10 Å². The summed E-state index contributed by atoms with van der Waals surface area (Å²) in [7, 11) is 0. The van der Waals surface area contributed by atoms with E-state index in [4.69, 9.17) is 21.1 Å². The monoisotopic (exact) mass is 290 g/mol. The molecule has 4 heteroatoms. The van der Waals surface area contributed by atoms with Crippen molar-refractivity contribution in [1.82, 2.24) is 0 Å². The van der Waals surface area contributed by atoms with Gasteiger partial charge in [-0.3, -0.25) is 0 Å². The number of carbonyl (C=O) groups excluding carboxylic acids is 1. The summed E-state index contributed by atoms with van der Waals surface area (Å²) in [5.41, 5.74) is 0.705. The molecule has 0 aromatic heterocycles. The average Bonchev–Trinajstić information content (AvgIpc) is 2.47. The normalized spacial score (nSPS) is 11.7. The third kappa shape index (κ3) is 3.75. The topological polar surface area (TPSA) is 35.5 Å². The number of carbonyl (C=O) groups is 1. The standard InChI is InChI=1S/C16H15ClO3/c1-2-19-16(18)15(12-8-10-13(17)11-9-12)20-14-6-4-3-5-7-14/h3-11,15H,2H2,1H3/t15-/m0/s1. The Labute approximate surface area is 123 Å². The fraction of sp³-hybridized carbons (Fsp3) is 0.188. The van der Waals surface area contributed by atoms with Gasteiger partial charge in [0.05, 0.1) is 6.61 Å². The molecule has 0 N–H and O–H groups in total. The molecule has 0 saturated heterocycles. The smallest absolute Gasteiger partial charge is 0.352 e. The minimum atomic E-state index is -0.797. The second kappa shape index (κ2) is 6.96. The minimum Gasteiger partial charge on any atom is -0.474 e. The van der Waals surface area contributed by atoms with Gasteiger partial charge in [0.15, 0.2) is 0 Å². The Balaban J connectivity index is 2.25. The van der Waals surface area contributed by atoms with Crippen LogP contribution >= 0.6 is 11.6 Å². The molecule has 0 radical (unpaired) electrons. The number of para-hydroxylation sites is 1. The summed E-state index contributed by atoms with van der Waals surface area (Å²) in [4.78, 5) is 12.1. The highest BCUT2D eigenvalue weighted by Gasteiger charge is 2.24. The van der Waals surface area contributed by atoms with Gasteiger partial charge in [0.25, 0.3) is 0 Å². The van der Waals surface area contributed by atoms with Crippen molar-refractivity contribution in [2.45, 2.75) is 13.0 Å². The lowest BCUT2D eigenvalue weighted by atomic mass is 10.1. The van der Waals surface area contributed by atoms with Crippen LogP contribution in [0.25, 0.3) is 0 Å². The maximum absolute atomic E-state index is 12.1. The quantitative estimate of drug-likeness (QED) is 0.780. The second-order valence-electron chi connectivity index (χ2n) is 4.11. The SMILES string of the molecule is CCOC(=O)[C@@H](Oc1ccccc1)c1ccc(Cl)cc1. The van der Waals surface area contributed by atoms with Crippen LogP contribution in [0.5, 0.6) is 5.75 Å². The van der Waals surface area contributed by atoms with Crippen LogP contribution in [-0.2, 0) is 9.53 Å². The second-order valence-corrected chi connectivity index (χ2v) is 4.55. The van der Waals surface area contributed by atoms with Gasteiger partial charge in [-0.2, -0.15) is 0 Å². The number of ether oxygens (including phenoxy) is 2. The lowest BCUT2D eigenvalue weighted by Crippen LogP contribution is -2.21. The Bertz CT molecular complexity index is 552. The van der Waals surface area contributed by atoms with Crippen LogP contribution in [-0.4, -0.2) is 12.6 Å². The van der Waals surface area contributed by atoms with Crippen LogP contribution in [0.15, 0.2) is 54.6 Å². The number of benzene rings is 2. The summed E-state index contributed by atoms with van der Waals surface area (Å²) in [6, 6.07) is 16.1. The highest BCUT2D eigenvalue weighted by molar-refractivity contribution is 6.30. The van der Waals surface area contributed by atoms with Gasteiger partial charge >= 0.3 is 5.97 Å². The molecule has 0 bridgehead atoms. The summed E-state index contributed by atoms with van der Waals surface area (Å²) >= 11 is 5.86. The van der Waals surface area contributed by atoms with E-state index in [2.05, 4.69) is 0 Å². The van der Waals surface area contributed by atoms with Crippen LogP contribution < -0.4 is 4.74 Å². The molecule has 0 unspecified atom stereocenters. The fourth-order valence-electron chi connectivity index (χ4n) is 1.74. The van der Waals surface area contributed by atoms with E-state index in [1.54, 1.807) is 43.3 Å². The van der Waals surface area contributed by atoms with Crippen molar-refractivity contribution in [3.8, 4) is 5.75 Å². The van der Waals surface area contributed by atoms with E-state index in [1.165, 1.54) is 0 Å². The molecule has 2 rings (SSSR count). The van der Waals surface area contributed by atoms with Crippen LogP contribution in [0, 0.1) is 0 Å². The fourth-order valence-corrected chi connectivity index (χ4v) is 1.87. The van der Waals surface area contributed by atoms with Crippen LogP contribution in [0.2, 0.25) is 5.02 Å². The number of hydrogen-bond donors (Lipinski definition) is 0. The zero-order valence-electron chi connectivity index (χ0n) is 11.1. The van der Waals surface area contributed by atoms with Crippen molar-refractivity contribution in [2.75, 3.05) is 6.61 Å². The molecular formula is C16H15ClO3. The Morgan fingerprint density at radius 2 is 1.75 bits per heavy atom. The van der Waals surface area contributed by atoms with Crippen molar-refractivity contribution in [1.29, 1.82) is 0 Å². The molecule has 0 aliphatic carbocycles. The number of rotatable bonds is 5. The first-order valence-corrected chi connectivity index (χ1v) is 6.72. The molecule has 20 heavy (non-hydrogen) atoms. The van der Waals surface area contributed by atoms with E-state index in [1.807, 2.05) is 18.2 Å². The molecule has 3 nitrogen and oxygen atoms in total. The van der Waals surface area contributed by atoms with Crippen molar-refractivity contribution in [2.24, 2.45) is 0 Å². The lowest BCUT2D eigenvalue weighted by molar-refractivity contribution is -0.151. The molecule has 0 saturated carbocycles. The summed E-state index contributed by atoms with van der Waals surface area (Å²) in [6.45, 7) is 2.07. The van der Waals surface area contributed by atoms with E-state index in [-0.39, 0.29) is 0 Å². The maximum Gasteiger partial charge on any atom is 0.352 e. The van der Waals surface area contributed by atoms with Gasteiger partial charge in [-0.15, -0.1) is 0 Å². The predicted octanol–water partition coefficient (Wildman–Crippen LogP) is 4.02. The molecule has 104 valence electrons. The molecule has 1 atom stereocenters. The van der Waals surface area contributed by atoms with Gasteiger partial charge < -0.3 is 9.47 Å². The largest absolute Gasteiger partial charge is 0.474 e. The molecule has 0 aliphatic rings. The first-order chi connectivity index (χ1) is 9.70. The van der Waals surface area contributed by atoms with Crippen molar-refractivity contribution in [3.63, 3.8) is 0 Å². The predicted molar refractivity (Wildman–Crippen MR) is 77.9 cm³/mol. The molecule has 2 aromatic rings. The average molecular weight is 291 g/mol. The van der Waals surface area contributed by atoms with Crippen LogP contribution in [0.3, 0.4) is 0 Å². The molecule has 0 heterocycles. The van der Waals surface area contributed by atoms with Gasteiger partial charge in [-0.1, -0.05) is 41.9 Å². The maximum atomic E-state index is 12.1. The Hall–Kier alpha value is -2.00. The Morgan fingerprint density at radius 1 is 1.10 bits per heavy atom. The molecule has 0 spiro atoms. The van der Waals surface area contributed by atoms with E-state index < -0.39 is 12.1 Å². The third-order valence-corrected chi connectivity index (χ3v) is 2.92. The first kappa shape index (κ1) is 14.4. The highest BCUT2D eigenvalue weighted by Crippen LogP contribution is 2.24. The summed E-state index contributed by atoms with van der Waals surface area (Å²) in [5.74, 6) is 0.194. The van der Waals surface area contributed by atoms with E-state index >= 15 is 0 Å². The van der Waals surface area contributed by atoms with Gasteiger partial charge in [-0.05, 0) is 31.2 Å². The first-order valence-electron chi connectivity index (χ1n) is 6.34. The highest BCUT2D eigenvalue weighted by atomic mass is 35.5. The minimum absolute atomic E-state index is 0.307. The zero-order valence-corrected chi connectivity index (χ0v) is 11.8. The summed E-state index contributed by atoms with van der Waals surface area (Å²) in [6.07, 6.45) is -0.797. The zero-order chi connectivity index (χ0) is 14.4. The van der Waals surface area contributed by atoms with Crippen molar-refractivity contribution >= 4 is 17.6 Å². The van der Waals surface area contributed by atoms with E-state index in [0.717, 1.165) is 0 Å².